The Balaban J connectivity index is 1.72. The number of halogens is 3. The zero-order chi connectivity index (χ0) is 21.1. The molecule has 2 aromatic rings. The SMILES string of the molecule is C=CC(=O)N1CCCc2cc(C(=O)NNC(=O)c3cc(F)c(F)cc3Cl)ccc21. The van der Waals surface area contributed by atoms with Crippen LogP contribution in [0.2, 0.25) is 5.02 Å². The van der Waals surface area contributed by atoms with Crippen molar-refractivity contribution in [3.63, 3.8) is 0 Å². The molecule has 0 fully saturated rings. The minimum atomic E-state index is -1.24. The van der Waals surface area contributed by atoms with Gasteiger partial charge in [0.1, 0.15) is 0 Å². The first-order valence-corrected chi connectivity index (χ1v) is 9.01. The molecule has 0 aliphatic carbocycles. The van der Waals surface area contributed by atoms with Gasteiger partial charge in [0, 0.05) is 17.8 Å². The third kappa shape index (κ3) is 4.27. The Morgan fingerprint density at radius 2 is 1.76 bits per heavy atom. The number of carbonyl (C=O) groups is 3. The number of aryl methyl sites for hydroxylation is 1. The van der Waals surface area contributed by atoms with E-state index in [9.17, 15) is 23.2 Å². The lowest BCUT2D eigenvalue weighted by molar-refractivity contribution is -0.114. The normalized spacial score (nSPS) is 12.7. The van der Waals surface area contributed by atoms with Crippen LogP contribution in [-0.2, 0) is 11.2 Å². The molecule has 1 aliphatic rings. The second kappa shape index (κ2) is 8.40. The lowest BCUT2D eigenvalue weighted by Gasteiger charge is -2.28. The van der Waals surface area contributed by atoms with Crippen molar-refractivity contribution >= 4 is 35.0 Å². The van der Waals surface area contributed by atoms with Crippen molar-refractivity contribution in [2.45, 2.75) is 12.8 Å². The Labute approximate surface area is 170 Å². The van der Waals surface area contributed by atoms with Gasteiger partial charge in [-0.05, 0) is 54.8 Å². The number of carbonyl (C=O) groups excluding carboxylic acids is 3. The second-order valence-corrected chi connectivity index (χ2v) is 6.70. The monoisotopic (exact) mass is 419 g/mol. The summed E-state index contributed by atoms with van der Waals surface area (Å²) in [5.41, 5.74) is 5.76. The highest BCUT2D eigenvalue weighted by Gasteiger charge is 2.22. The summed E-state index contributed by atoms with van der Waals surface area (Å²) in [4.78, 5) is 38.0. The zero-order valence-corrected chi connectivity index (χ0v) is 15.9. The van der Waals surface area contributed by atoms with Gasteiger partial charge in [-0.15, -0.1) is 0 Å². The Bertz CT molecular complexity index is 1030. The van der Waals surface area contributed by atoms with Crippen molar-refractivity contribution in [3.8, 4) is 0 Å². The maximum Gasteiger partial charge on any atom is 0.271 e. The fourth-order valence-electron chi connectivity index (χ4n) is 3.03. The molecule has 0 bridgehead atoms. The molecule has 3 rings (SSSR count). The summed E-state index contributed by atoms with van der Waals surface area (Å²) in [5, 5.41) is -0.295. The molecule has 1 heterocycles. The first-order valence-electron chi connectivity index (χ1n) is 8.64. The van der Waals surface area contributed by atoms with Crippen molar-refractivity contribution in [3.05, 3.63) is 76.3 Å². The Hall–Kier alpha value is -3.26. The van der Waals surface area contributed by atoms with E-state index in [0.717, 1.165) is 12.0 Å². The van der Waals surface area contributed by atoms with E-state index in [-0.39, 0.29) is 22.1 Å². The van der Waals surface area contributed by atoms with Crippen LogP contribution in [0.1, 0.15) is 32.7 Å². The van der Waals surface area contributed by atoms with Crippen LogP contribution in [0.25, 0.3) is 0 Å². The van der Waals surface area contributed by atoms with Crippen LogP contribution in [-0.4, -0.2) is 24.3 Å². The number of anilines is 1. The van der Waals surface area contributed by atoms with E-state index in [1.807, 2.05) is 0 Å². The fourth-order valence-corrected chi connectivity index (χ4v) is 3.26. The number of amides is 3. The third-order valence-corrected chi connectivity index (χ3v) is 4.76. The van der Waals surface area contributed by atoms with Gasteiger partial charge in [0.2, 0.25) is 5.91 Å². The van der Waals surface area contributed by atoms with Gasteiger partial charge in [0.25, 0.3) is 11.8 Å². The molecule has 9 heteroatoms. The highest BCUT2D eigenvalue weighted by molar-refractivity contribution is 6.33. The van der Waals surface area contributed by atoms with Crippen molar-refractivity contribution in [1.29, 1.82) is 0 Å². The van der Waals surface area contributed by atoms with Gasteiger partial charge >= 0.3 is 0 Å². The number of fused-ring (bicyclic) bond motifs is 1. The average Bonchev–Trinajstić information content (AvgIpc) is 2.72. The van der Waals surface area contributed by atoms with E-state index in [0.29, 0.717) is 30.8 Å². The molecule has 0 radical (unpaired) electrons. The summed E-state index contributed by atoms with van der Waals surface area (Å²) in [6.45, 7) is 4.05. The van der Waals surface area contributed by atoms with Crippen LogP contribution < -0.4 is 15.8 Å². The standard InChI is InChI=1S/C20H16ClF2N3O3/c1-2-18(27)26-7-3-4-11-8-12(5-6-17(11)26)19(28)24-25-20(29)13-9-15(22)16(23)10-14(13)21/h2,5-6,8-10H,1,3-4,7H2,(H,24,28)(H,25,29). The molecule has 29 heavy (non-hydrogen) atoms. The highest BCUT2D eigenvalue weighted by atomic mass is 35.5. The van der Waals surface area contributed by atoms with E-state index in [1.165, 1.54) is 12.1 Å². The quantitative estimate of drug-likeness (QED) is 0.455. The van der Waals surface area contributed by atoms with E-state index >= 15 is 0 Å². The molecule has 2 N–H and O–H groups in total. The Morgan fingerprint density at radius 3 is 2.48 bits per heavy atom. The van der Waals surface area contributed by atoms with Crippen molar-refractivity contribution in [1.82, 2.24) is 10.9 Å². The number of benzene rings is 2. The maximum atomic E-state index is 13.3. The minimum Gasteiger partial charge on any atom is -0.309 e. The van der Waals surface area contributed by atoms with Gasteiger partial charge in [0.15, 0.2) is 11.6 Å². The molecule has 0 atom stereocenters. The van der Waals surface area contributed by atoms with Crippen LogP contribution in [0, 0.1) is 11.6 Å². The van der Waals surface area contributed by atoms with E-state index < -0.39 is 23.4 Å². The van der Waals surface area contributed by atoms with Crippen LogP contribution in [0.5, 0.6) is 0 Å². The Kier molecular flexibility index (Phi) is 5.93. The van der Waals surface area contributed by atoms with Gasteiger partial charge in [0.05, 0.1) is 10.6 Å². The molecule has 0 spiro atoms. The lowest BCUT2D eigenvalue weighted by atomic mass is 9.99. The summed E-state index contributed by atoms with van der Waals surface area (Å²) >= 11 is 5.74. The molecule has 150 valence electrons. The van der Waals surface area contributed by atoms with Crippen LogP contribution in [0.15, 0.2) is 43.0 Å². The molecule has 3 amide bonds. The number of nitrogens with one attached hydrogen (secondary N) is 2. The van der Waals surface area contributed by atoms with E-state index in [4.69, 9.17) is 11.6 Å². The summed E-state index contributed by atoms with van der Waals surface area (Å²) in [5.74, 6) is -4.17. The van der Waals surface area contributed by atoms with Gasteiger partial charge in [-0.2, -0.15) is 0 Å². The fraction of sp³-hybridized carbons (Fsp3) is 0.150. The molecular formula is C20H16ClF2N3O3. The molecule has 0 aromatic heterocycles. The predicted octanol–water partition coefficient (Wildman–Crippen LogP) is 3.16. The molecule has 1 aliphatic heterocycles. The summed E-state index contributed by atoms with van der Waals surface area (Å²) in [6, 6.07) is 6.11. The number of nitrogens with zero attached hydrogens (tertiary/aromatic N) is 1. The smallest absolute Gasteiger partial charge is 0.271 e. The van der Waals surface area contributed by atoms with Gasteiger partial charge in [-0.25, -0.2) is 8.78 Å². The molecule has 0 saturated carbocycles. The number of hydrogen-bond acceptors (Lipinski definition) is 3. The van der Waals surface area contributed by atoms with Gasteiger partial charge in [-0.3, -0.25) is 25.2 Å². The van der Waals surface area contributed by atoms with Crippen LogP contribution in [0.4, 0.5) is 14.5 Å². The van der Waals surface area contributed by atoms with Crippen molar-refractivity contribution < 1.29 is 23.2 Å². The first kappa shape index (κ1) is 20.5. The number of rotatable bonds is 3. The van der Waals surface area contributed by atoms with E-state index in [2.05, 4.69) is 17.4 Å². The topological polar surface area (TPSA) is 78.5 Å². The largest absolute Gasteiger partial charge is 0.309 e. The number of hydrogen-bond donors (Lipinski definition) is 2. The second-order valence-electron chi connectivity index (χ2n) is 6.30. The highest BCUT2D eigenvalue weighted by Crippen LogP contribution is 2.28. The molecule has 2 aromatic carbocycles. The van der Waals surface area contributed by atoms with Crippen molar-refractivity contribution in [2.24, 2.45) is 0 Å². The molecular weight excluding hydrogens is 404 g/mol. The van der Waals surface area contributed by atoms with Crippen LogP contribution >= 0.6 is 11.6 Å². The minimum absolute atomic E-state index is 0.223. The predicted molar refractivity (Wildman–Crippen MR) is 104 cm³/mol. The summed E-state index contributed by atoms with van der Waals surface area (Å²) in [6.07, 6.45) is 2.66. The van der Waals surface area contributed by atoms with Crippen molar-refractivity contribution in [2.75, 3.05) is 11.4 Å². The zero-order valence-electron chi connectivity index (χ0n) is 15.1. The van der Waals surface area contributed by atoms with Gasteiger partial charge in [-0.1, -0.05) is 18.2 Å². The molecule has 0 unspecified atom stereocenters. The summed E-state index contributed by atoms with van der Waals surface area (Å²) < 4.78 is 26.4. The lowest BCUT2D eigenvalue weighted by Crippen LogP contribution is -2.42. The van der Waals surface area contributed by atoms with E-state index in [1.54, 1.807) is 17.0 Å². The number of hydrazine groups is 1. The summed E-state index contributed by atoms with van der Waals surface area (Å²) in [7, 11) is 0. The molecule has 0 saturated heterocycles. The first-order chi connectivity index (χ1) is 13.8. The molecule has 6 nitrogen and oxygen atoms in total. The third-order valence-electron chi connectivity index (χ3n) is 4.45. The average molecular weight is 420 g/mol. The van der Waals surface area contributed by atoms with Gasteiger partial charge < -0.3 is 4.90 Å². The Morgan fingerprint density at radius 1 is 1.07 bits per heavy atom. The van der Waals surface area contributed by atoms with Crippen LogP contribution in [0.3, 0.4) is 0 Å². The maximum absolute atomic E-state index is 13.3.